The molecule has 0 N–H and O–H groups in total. The van der Waals surface area contributed by atoms with Crippen LogP contribution in [-0.4, -0.2) is 82.3 Å². The molecule has 3 saturated heterocycles. The van der Waals surface area contributed by atoms with Crippen molar-refractivity contribution in [1.82, 2.24) is 0 Å². The highest BCUT2D eigenvalue weighted by Gasteiger charge is 2.52. The Morgan fingerprint density at radius 2 is 1.54 bits per heavy atom. The molecule has 0 saturated carbocycles. The quantitative estimate of drug-likeness (QED) is 0.737. The van der Waals surface area contributed by atoms with E-state index in [9.17, 15) is 0 Å². The van der Waals surface area contributed by atoms with Gasteiger partial charge in [-0.3, -0.25) is 0 Å². The highest BCUT2D eigenvalue weighted by Crippen LogP contribution is 2.36. The van der Waals surface area contributed by atoms with Crippen LogP contribution in [0.2, 0.25) is 0 Å². The Morgan fingerprint density at radius 1 is 0.846 bits per heavy atom. The summed E-state index contributed by atoms with van der Waals surface area (Å²) in [6.45, 7) is 8.08. The smallest absolute Gasteiger partial charge is 0.192 e. The average Bonchev–Trinajstić information content (AvgIpc) is 2.61. The highest BCUT2D eigenvalue weighted by atomic mass is 19.1. The van der Waals surface area contributed by atoms with Crippen molar-refractivity contribution in [3.8, 4) is 0 Å². The molecule has 3 aliphatic rings. The van der Waals surface area contributed by atoms with Crippen LogP contribution in [0.25, 0.3) is 0 Å². The van der Waals surface area contributed by atoms with Crippen LogP contribution in [0.15, 0.2) is 0 Å². The van der Waals surface area contributed by atoms with Crippen LogP contribution in [0.3, 0.4) is 0 Å². The van der Waals surface area contributed by atoms with E-state index in [0.29, 0.717) is 6.61 Å². The summed E-state index contributed by atoms with van der Waals surface area (Å²) in [5, 5.41) is 0. The minimum atomic E-state index is -1.47. The van der Waals surface area contributed by atoms with Crippen molar-refractivity contribution in [1.29, 1.82) is 0 Å². The molecule has 0 radical (unpaired) electrons. The second-order valence-electron chi connectivity index (χ2n) is 7.40. The minimum absolute atomic E-state index is 0.00815. The maximum absolute atomic E-state index is 15.1. The highest BCUT2D eigenvalue weighted by molar-refractivity contribution is 4.95. The third kappa shape index (κ3) is 3.78. The van der Waals surface area contributed by atoms with Crippen molar-refractivity contribution in [2.45, 2.75) is 89.2 Å². The van der Waals surface area contributed by atoms with Gasteiger partial charge in [-0.05, 0) is 20.8 Å². The van der Waals surface area contributed by atoms with Crippen LogP contribution in [0.4, 0.5) is 4.39 Å². The van der Waals surface area contributed by atoms with Crippen molar-refractivity contribution in [3.05, 3.63) is 0 Å². The summed E-state index contributed by atoms with van der Waals surface area (Å²) < 4.78 is 55.1. The average molecular weight is 378 g/mol. The Balaban J connectivity index is 1.76. The molecule has 11 atom stereocenters. The van der Waals surface area contributed by atoms with Crippen molar-refractivity contribution in [2.24, 2.45) is 5.92 Å². The maximum atomic E-state index is 15.1. The summed E-state index contributed by atoms with van der Waals surface area (Å²) in [6, 6.07) is 0. The molecule has 0 aliphatic carbocycles. The first-order chi connectivity index (χ1) is 12.4. The fourth-order valence-electron chi connectivity index (χ4n) is 4.07. The number of fused-ring (bicyclic) bond motifs is 1. The Bertz CT molecular complexity index is 467. The summed E-state index contributed by atoms with van der Waals surface area (Å²) >= 11 is 0. The van der Waals surface area contributed by atoms with Gasteiger partial charge >= 0.3 is 0 Å². The first kappa shape index (κ1) is 20.4. The van der Waals surface area contributed by atoms with E-state index >= 15 is 4.39 Å². The van der Waals surface area contributed by atoms with Gasteiger partial charge in [-0.1, -0.05) is 6.92 Å². The minimum Gasteiger partial charge on any atom is -0.376 e. The fraction of sp³-hybridized carbons (Fsp3) is 1.00. The van der Waals surface area contributed by atoms with Crippen LogP contribution < -0.4 is 0 Å². The lowest BCUT2D eigenvalue weighted by atomic mass is 9.88. The lowest BCUT2D eigenvalue weighted by molar-refractivity contribution is -0.355. The van der Waals surface area contributed by atoms with E-state index in [1.54, 1.807) is 0 Å². The van der Waals surface area contributed by atoms with Gasteiger partial charge in [0, 0.05) is 20.1 Å². The summed E-state index contributed by atoms with van der Waals surface area (Å²) in [5.74, 6) is 0.00815. The van der Waals surface area contributed by atoms with E-state index < -0.39 is 24.7 Å². The van der Waals surface area contributed by atoms with Gasteiger partial charge in [-0.25, -0.2) is 4.39 Å². The number of rotatable bonds is 4. The zero-order valence-corrected chi connectivity index (χ0v) is 16.3. The lowest BCUT2D eigenvalue weighted by Crippen LogP contribution is -2.63. The summed E-state index contributed by atoms with van der Waals surface area (Å²) in [7, 11) is 2.99. The number of ether oxygens (including phenoxy) is 7. The lowest BCUT2D eigenvalue weighted by Gasteiger charge is -2.50. The Morgan fingerprint density at radius 3 is 2.19 bits per heavy atom. The third-order valence-corrected chi connectivity index (χ3v) is 5.73. The Kier molecular flexibility index (Phi) is 6.54. The Labute approximate surface area is 154 Å². The van der Waals surface area contributed by atoms with Gasteiger partial charge in [-0.2, -0.15) is 0 Å². The number of alkyl halides is 1. The topological polar surface area (TPSA) is 64.6 Å². The molecule has 0 bridgehead atoms. The molecule has 7 unspecified atom stereocenters. The SMILES string of the molecule is COC1C(F)[C@H](OC2C(C)[C@H](C)OC3COC(C)O[C@H]32)OC(C)[C@H]1OC. The molecule has 152 valence electrons. The summed E-state index contributed by atoms with van der Waals surface area (Å²) in [4.78, 5) is 0. The van der Waals surface area contributed by atoms with Crippen molar-refractivity contribution in [3.63, 3.8) is 0 Å². The van der Waals surface area contributed by atoms with Crippen LogP contribution in [0.1, 0.15) is 27.7 Å². The number of hydrogen-bond donors (Lipinski definition) is 0. The molecule has 0 amide bonds. The molecule has 26 heavy (non-hydrogen) atoms. The molecule has 3 heterocycles. The van der Waals surface area contributed by atoms with Crippen molar-refractivity contribution in [2.75, 3.05) is 20.8 Å². The van der Waals surface area contributed by atoms with Crippen LogP contribution in [0, 0.1) is 5.92 Å². The number of methoxy groups -OCH3 is 2. The van der Waals surface area contributed by atoms with Gasteiger partial charge in [-0.15, -0.1) is 0 Å². The van der Waals surface area contributed by atoms with Gasteiger partial charge in [0.05, 0.1) is 24.9 Å². The normalized spacial score (nSPS) is 52.5. The van der Waals surface area contributed by atoms with E-state index in [0.717, 1.165) is 0 Å². The van der Waals surface area contributed by atoms with Crippen LogP contribution in [0.5, 0.6) is 0 Å². The second kappa shape index (κ2) is 8.34. The number of hydrogen-bond acceptors (Lipinski definition) is 7. The monoisotopic (exact) mass is 378 g/mol. The van der Waals surface area contributed by atoms with Gasteiger partial charge in [0.1, 0.15) is 24.4 Å². The van der Waals surface area contributed by atoms with Gasteiger partial charge in [0.25, 0.3) is 0 Å². The molecular weight excluding hydrogens is 347 g/mol. The Hall–Kier alpha value is -0.350. The molecule has 7 nitrogen and oxygen atoms in total. The molecule has 0 aromatic carbocycles. The molecule has 3 aliphatic heterocycles. The predicted molar refractivity (Wildman–Crippen MR) is 89.5 cm³/mol. The van der Waals surface area contributed by atoms with E-state index in [4.69, 9.17) is 33.2 Å². The van der Waals surface area contributed by atoms with Crippen LogP contribution >= 0.6 is 0 Å². The molecule has 0 aromatic heterocycles. The van der Waals surface area contributed by atoms with Gasteiger partial charge in [0.2, 0.25) is 0 Å². The van der Waals surface area contributed by atoms with Crippen molar-refractivity contribution >= 4 is 0 Å². The van der Waals surface area contributed by atoms with E-state index in [2.05, 4.69) is 0 Å². The maximum Gasteiger partial charge on any atom is 0.192 e. The molecule has 0 aromatic rings. The predicted octanol–water partition coefficient (Wildman–Crippen LogP) is 1.67. The molecular formula is C18H31FO7. The summed E-state index contributed by atoms with van der Waals surface area (Å²) in [6.07, 6.45) is -5.51. The van der Waals surface area contributed by atoms with Crippen molar-refractivity contribution < 1.29 is 37.5 Å². The molecule has 3 fully saturated rings. The first-order valence-corrected chi connectivity index (χ1v) is 9.30. The standard InChI is InChI=1S/C18H31FO7/c1-8-9(2)23-12-7-22-11(4)25-16(12)14(8)26-18-13(19)17(21-6)15(20-5)10(3)24-18/h8-18H,7H2,1-6H3/t8?,9-,10?,11?,12?,13?,14?,15+,16+,17?,18-/m0/s1. The van der Waals surface area contributed by atoms with Gasteiger partial charge < -0.3 is 33.2 Å². The molecule has 0 spiro atoms. The molecule has 8 heteroatoms. The fourth-order valence-corrected chi connectivity index (χ4v) is 4.07. The summed E-state index contributed by atoms with van der Waals surface area (Å²) in [5.41, 5.74) is 0. The third-order valence-electron chi connectivity index (χ3n) is 5.73. The first-order valence-electron chi connectivity index (χ1n) is 9.30. The van der Waals surface area contributed by atoms with E-state index in [1.807, 2.05) is 27.7 Å². The van der Waals surface area contributed by atoms with E-state index in [-0.39, 0.29) is 42.7 Å². The largest absolute Gasteiger partial charge is 0.376 e. The second-order valence-corrected chi connectivity index (χ2v) is 7.40. The molecule has 3 rings (SSSR count). The zero-order valence-electron chi connectivity index (χ0n) is 16.3. The zero-order chi connectivity index (χ0) is 19.0. The van der Waals surface area contributed by atoms with E-state index in [1.165, 1.54) is 14.2 Å². The van der Waals surface area contributed by atoms with Gasteiger partial charge in [0.15, 0.2) is 18.8 Å². The number of halogens is 1. The van der Waals surface area contributed by atoms with Crippen LogP contribution in [-0.2, 0) is 33.2 Å².